The number of hydrogen-bond donors (Lipinski definition) is 2. The van der Waals surface area contributed by atoms with E-state index in [4.69, 9.17) is 11.6 Å². The molecule has 0 fully saturated rings. The smallest absolute Gasteiger partial charge is 0.327 e. The fraction of sp³-hybridized carbons (Fsp3) is 0.211. The minimum absolute atomic E-state index is 0.344. The lowest BCUT2D eigenvalue weighted by atomic mass is 9.76. The molecular weight excluding hydrogens is 356 g/mol. The zero-order valence-electron chi connectivity index (χ0n) is 13.5. The first-order chi connectivity index (χ1) is 12.5. The lowest BCUT2D eigenvalue weighted by Crippen LogP contribution is -2.41. The number of carboxylic acid groups (broad SMARTS) is 2. The summed E-state index contributed by atoms with van der Waals surface area (Å²) < 4.78 is 1.56. The summed E-state index contributed by atoms with van der Waals surface area (Å²) in [7, 11) is 0. The third-order valence-corrected chi connectivity index (χ3v) is 5.21. The lowest BCUT2D eigenvalue weighted by Gasteiger charge is -2.35. The van der Waals surface area contributed by atoms with Crippen LogP contribution in [0.1, 0.15) is 23.3 Å². The fourth-order valence-corrected chi connectivity index (χ4v) is 3.99. The zero-order valence-corrected chi connectivity index (χ0v) is 14.3. The van der Waals surface area contributed by atoms with Crippen molar-refractivity contribution in [2.75, 3.05) is 0 Å². The van der Waals surface area contributed by atoms with E-state index in [1.54, 1.807) is 47.0 Å². The molecule has 6 nitrogen and oxygen atoms in total. The largest absolute Gasteiger partial charge is 0.481 e. The van der Waals surface area contributed by atoms with E-state index in [1.807, 2.05) is 6.07 Å². The van der Waals surface area contributed by atoms with E-state index in [9.17, 15) is 19.8 Å². The summed E-state index contributed by atoms with van der Waals surface area (Å²) in [6.45, 7) is 0. The van der Waals surface area contributed by atoms with Crippen molar-refractivity contribution >= 4 is 34.6 Å². The van der Waals surface area contributed by atoms with E-state index in [0.717, 1.165) is 5.56 Å². The molecule has 0 bridgehead atoms. The van der Waals surface area contributed by atoms with E-state index < -0.39 is 29.8 Å². The van der Waals surface area contributed by atoms with Gasteiger partial charge in [0.05, 0.1) is 17.0 Å². The number of para-hydroxylation sites is 2. The van der Waals surface area contributed by atoms with Crippen LogP contribution < -0.4 is 0 Å². The highest BCUT2D eigenvalue weighted by Crippen LogP contribution is 2.43. The second-order valence-electron chi connectivity index (χ2n) is 6.40. The molecule has 0 spiro atoms. The molecular formula is C19H15ClN2O4. The molecule has 132 valence electrons. The molecule has 7 heteroatoms. The van der Waals surface area contributed by atoms with Gasteiger partial charge in [-0.2, -0.15) is 0 Å². The quantitative estimate of drug-likeness (QED) is 0.737. The van der Waals surface area contributed by atoms with Crippen molar-refractivity contribution in [2.45, 2.75) is 18.4 Å². The SMILES string of the molecule is O=C(O)C1C(c2ccc(Cl)cc2)Cc2nc3ccccc3n2C1C(=O)O. The number of imidazole rings is 1. The topological polar surface area (TPSA) is 92.4 Å². The Morgan fingerprint density at radius 2 is 1.73 bits per heavy atom. The molecule has 0 radical (unpaired) electrons. The number of fused-ring (bicyclic) bond motifs is 3. The Kier molecular flexibility index (Phi) is 3.92. The van der Waals surface area contributed by atoms with Crippen LogP contribution in [0.15, 0.2) is 48.5 Å². The van der Waals surface area contributed by atoms with Crippen LogP contribution in [0.25, 0.3) is 11.0 Å². The Balaban J connectivity index is 1.94. The zero-order chi connectivity index (χ0) is 18.4. The molecule has 26 heavy (non-hydrogen) atoms. The summed E-state index contributed by atoms with van der Waals surface area (Å²) in [6, 6.07) is 12.8. The molecule has 3 unspecified atom stereocenters. The second-order valence-corrected chi connectivity index (χ2v) is 6.83. The van der Waals surface area contributed by atoms with Crippen molar-refractivity contribution < 1.29 is 19.8 Å². The predicted octanol–water partition coefficient (Wildman–Crippen LogP) is 3.36. The third kappa shape index (κ3) is 2.54. The molecule has 3 aromatic rings. The molecule has 0 saturated carbocycles. The van der Waals surface area contributed by atoms with Crippen LogP contribution in [0.4, 0.5) is 0 Å². The average Bonchev–Trinajstić information content (AvgIpc) is 2.98. The summed E-state index contributed by atoms with van der Waals surface area (Å²) in [5.74, 6) is -3.36. The van der Waals surface area contributed by atoms with E-state index in [1.165, 1.54) is 0 Å². The minimum Gasteiger partial charge on any atom is -0.481 e. The van der Waals surface area contributed by atoms with Gasteiger partial charge in [0, 0.05) is 17.4 Å². The fourth-order valence-electron chi connectivity index (χ4n) is 3.86. The lowest BCUT2D eigenvalue weighted by molar-refractivity contribution is -0.154. The molecule has 1 aliphatic heterocycles. The van der Waals surface area contributed by atoms with E-state index >= 15 is 0 Å². The van der Waals surface area contributed by atoms with Gasteiger partial charge in [-0.15, -0.1) is 0 Å². The maximum Gasteiger partial charge on any atom is 0.327 e. The van der Waals surface area contributed by atoms with Crippen molar-refractivity contribution in [2.24, 2.45) is 5.92 Å². The normalized spacial score (nSPS) is 22.1. The van der Waals surface area contributed by atoms with Crippen LogP contribution in [0.3, 0.4) is 0 Å². The molecule has 2 aromatic carbocycles. The van der Waals surface area contributed by atoms with Gasteiger partial charge in [-0.3, -0.25) is 4.79 Å². The van der Waals surface area contributed by atoms with Crippen LogP contribution in [0.2, 0.25) is 5.02 Å². The Morgan fingerprint density at radius 3 is 2.38 bits per heavy atom. The van der Waals surface area contributed by atoms with Gasteiger partial charge in [0.2, 0.25) is 0 Å². The first kappa shape index (κ1) is 16.6. The number of carboxylic acids is 2. The van der Waals surface area contributed by atoms with E-state index in [2.05, 4.69) is 4.98 Å². The summed E-state index contributed by atoms with van der Waals surface area (Å²) in [4.78, 5) is 28.7. The first-order valence-electron chi connectivity index (χ1n) is 8.14. The molecule has 1 aliphatic rings. The van der Waals surface area contributed by atoms with Crippen molar-refractivity contribution in [1.29, 1.82) is 0 Å². The minimum atomic E-state index is -1.23. The molecule has 2 heterocycles. The number of carbonyl (C=O) groups is 2. The average molecular weight is 371 g/mol. The van der Waals surface area contributed by atoms with Gasteiger partial charge < -0.3 is 14.8 Å². The van der Waals surface area contributed by atoms with Crippen LogP contribution in [-0.4, -0.2) is 31.7 Å². The first-order valence-corrected chi connectivity index (χ1v) is 8.52. The van der Waals surface area contributed by atoms with Gasteiger partial charge in [0.15, 0.2) is 0 Å². The molecule has 0 aliphatic carbocycles. The third-order valence-electron chi connectivity index (χ3n) is 4.96. The number of rotatable bonds is 3. The Hall–Kier alpha value is -2.86. The molecule has 0 saturated heterocycles. The maximum atomic E-state index is 12.1. The van der Waals surface area contributed by atoms with Crippen LogP contribution in [0, 0.1) is 5.92 Å². The van der Waals surface area contributed by atoms with Gasteiger partial charge in [-0.25, -0.2) is 9.78 Å². The number of hydrogen-bond acceptors (Lipinski definition) is 3. The Bertz CT molecular complexity index is 1010. The Morgan fingerprint density at radius 1 is 1.04 bits per heavy atom. The number of aliphatic carboxylic acids is 2. The Labute approximate surface area is 153 Å². The molecule has 3 atom stereocenters. The monoisotopic (exact) mass is 370 g/mol. The highest BCUT2D eigenvalue weighted by Gasteiger charge is 2.47. The molecule has 4 rings (SSSR count). The summed E-state index contributed by atoms with van der Waals surface area (Å²) >= 11 is 5.94. The van der Waals surface area contributed by atoms with Crippen molar-refractivity contribution in [1.82, 2.24) is 9.55 Å². The standard InChI is InChI=1S/C19H15ClN2O4/c20-11-7-5-10(6-8-11)12-9-15-21-13-3-1-2-4-14(13)22(15)17(19(25)26)16(12)18(23)24/h1-8,12,16-17H,9H2,(H,23,24)(H,25,26). The predicted molar refractivity (Wildman–Crippen MR) is 95.4 cm³/mol. The van der Waals surface area contributed by atoms with Crippen molar-refractivity contribution in [3.63, 3.8) is 0 Å². The van der Waals surface area contributed by atoms with Gasteiger partial charge in [-0.1, -0.05) is 35.9 Å². The molecule has 1 aromatic heterocycles. The summed E-state index contributed by atoms with van der Waals surface area (Å²) in [6.07, 6.45) is 0.344. The van der Waals surface area contributed by atoms with Crippen LogP contribution in [0.5, 0.6) is 0 Å². The highest BCUT2D eigenvalue weighted by molar-refractivity contribution is 6.30. The van der Waals surface area contributed by atoms with Gasteiger partial charge in [-0.05, 0) is 29.8 Å². The number of nitrogens with zero attached hydrogens (tertiary/aromatic N) is 2. The van der Waals surface area contributed by atoms with Crippen LogP contribution in [-0.2, 0) is 16.0 Å². The number of aromatic nitrogens is 2. The number of halogens is 1. The van der Waals surface area contributed by atoms with Gasteiger partial charge in [0.25, 0.3) is 0 Å². The highest BCUT2D eigenvalue weighted by atomic mass is 35.5. The molecule has 2 N–H and O–H groups in total. The van der Waals surface area contributed by atoms with Gasteiger partial charge >= 0.3 is 11.9 Å². The second kappa shape index (κ2) is 6.14. The summed E-state index contributed by atoms with van der Waals surface area (Å²) in [5.41, 5.74) is 2.04. The van der Waals surface area contributed by atoms with Crippen molar-refractivity contribution in [3.8, 4) is 0 Å². The van der Waals surface area contributed by atoms with E-state index in [0.29, 0.717) is 28.3 Å². The van der Waals surface area contributed by atoms with Crippen molar-refractivity contribution in [3.05, 3.63) is 64.9 Å². The molecule has 0 amide bonds. The maximum absolute atomic E-state index is 12.1. The van der Waals surface area contributed by atoms with Crippen LogP contribution >= 0.6 is 11.6 Å². The number of benzene rings is 2. The summed E-state index contributed by atoms with van der Waals surface area (Å²) in [5, 5.41) is 20.3. The van der Waals surface area contributed by atoms with E-state index in [-0.39, 0.29) is 0 Å². The van der Waals surface area contributed by atoms with Gasteiger partial charge in [0.1, 0.15) is 11.9 Å².